The number of amides is 1. The normalized spacial score (nSPS) is 24.9. The Morgan fingerprint density at radius 2 is 1.92 bits per heavy atom. The maximum atomic E-state index is 13.3. The Balaban J connectivity index is 1.75. The highest BCUT2D eigenvalue weighted by molar-refractivity contribution is 5.87. The molecule has 1 aromatic carbocycles. The number of methoxy groups -OCH3 is 1. The van der Waals surface area contributed by atoms with Crippen molar-refractivity contribution in [1.82, 2.24) is 10.2 Å². The van der Waals surface area contributed by atoms with Crippen LogP contribution in [0.5, 0.6) is 5.75 Å². The summed E-state index contributed by atoms with van der Waals surface area (Å²) in [5, 5.41) is 3.54. The van der Waals surface area contributed by atoms with Crippen LogP contribution >= 0.6 is 0 Å². The van der Waals surface area contributed by atoms with Gasteiger partial charge in [-0.25, -0.2) is 0 Å². The summed E-state index contributed by atoms with van der Waals surface area (Å²) in [6, 6.07) is 7.90. The molecular formula is C20H30N2O2. The molecule has 2 saturated heterocycles. The van der Waals surface area contributed by atoms with Gasteiger partial charge >= 0.3 is 0 Å². The zero-order valence-corrected chi connectivity index (χ0v) is 15.2. The highest BCUT2D eigenvalue weighted by Crippen LogP contribution is 2.38. The van der Waals surface area contributed by atoms with E-state index in [0.29, 0.717) is 5.41 Å². The minimum atomic E-state index is -0.507. The highest BCUT2D eigenvalue weighted by atomic mass is 16.5. The third kappa shape index (κ3) is 3.30. The number of rotatable bonds is 3. The first-order valence-corrected chi connectivity index (χ1v) is 9.12. The molecule has 3 rings (SSSR count). The van der Waals surface area contributed by atoms with Crippen LogP contribution in [0.3, 0.4) is 0 Å². The summed E-state index contributed by atoms with van der Waals surface area (Å²) in [7, 11) is 1.66. The number of nitrogens with zero attached hydrogens (tertiary/aromatic N) is 1. The Hall–Kier alpha value is -1.55. The van der Waals surface area contributed by atoms with E-state index in [0.717, 1.165) is 43.9 Å². The number of piperidine rings is 2. The van der Waals surface area contributed by atoms with Gasteiger partial charge in [-0.15, -0.1) is 0 Å². The number of likely N-dealkylation sites (tertiary alicyclic amines) is 1. The largest absolute Gasteiger partial charge is 0.497 e. The number of carbonyl (C=O) groups excluding carboxylic acids is 1. The van der Waals surface area contributed by atoms with Crippen molar-refractivity contribution >= 4 is 5.91 Å². The smallest absolute Gasteiger partial charge is 0.232 e. The van der Waals surface area contributed by atoms with Crippen LogP contribution in [0.15, 0.2) is 24.3 Å². The van der Waals surface area contributed by atoms with E-state index in [1.54, 1.807) is 7.11 Å². The molecule has 1 atom stereocenters. The molecule has 1 spiro atoms. The third-order valence-corrected chi connectivity index (χ3v) is 5.86. The third-order valence-electron chi connectivity index (χ3n) is 5.86. The van der Waals surface area contributed by atoms with Crippen LogP contribution < -0.4 is 10.1 Å². The van der Waals surface area contributed by atoms with Gasteiger partial charge in [0.2, 0.25) is 5.91 Å². The summed E-state index contributed by atoms with van der Waals surface area (Å²) < 4.78 is 5.23. The van der Waals surface area contributed by atoms with Gasteiger partial charge in [-0.05, 0) is 63.8 Å². The minimum absolute atomic E-state index is 0.248. The fraction of sp³-hybridized carbons (Fsp3) is 0.650. The van der Waals surface area contributed by atoms with Crippen LogP contribution in [-0.4, -0.2) is 44.1 Å². The lowest BCUT2D eigenvalue weighted by Crippen LogP contribution is -2.55. The molecule has 0 aromatic heterocycles. The molecule has 0 radical (unpaired) electrons. The van der Waals surface area contributed by atoms with Gasteiger partial charge in [-0.3, -0.25) is 4.79 Å². The van der Waals surface area contributed by atoms with Crippen molar-refractivity contribution in [1.29, 1.82) is 0 Å². The maximum Gasteiger partial charge on any atom is 0.232 e. The zero-order chi connectivity index (χ0) is 17.2. The predicted molar refractivity (Wildman–Crippen MR) is 96.4 cm³/mol. The standard InChI is InChI=1S/C20H30N2O2/c1-19(2,16-6-8-17(24-3)9-7-16)18(23)22-13-5-11-20(15-22)10-4-12-21-14-20/h6-9,21H,4-5,10-15H2,1-3H3. The Morgan fingerprint density at radius 1 is 1.21 bits per heavy atom. The molecule has 4 nitrogen and oxygen atoms in total. The summed E-state index contributed by atoms with van der Waals surface area (Å²) >= 11 is 0. The summed E-state index contributed by atoms with van der Waals surface area (Å²) in [4.78, 5) is 15.4. The quantitative estimate of drug-likeness (QED) is 0.926. The summed E-state index contributed by atoms with van der Waals surface area (Å²) in [5.74, 6) is 1.07. The fourth-order valence-electron chi connectivity index (χ4n) is 4.29. The van der Waals surface area contributed by atoms with E-state index >= 15 is 0 Å². The minimum Gasteiger partial charge on any atom is -0.497 e. The lowest BCUT2D eigenvalue weighted by molar-refractivity contribution is -0.140. The summed E-state index contributed by atoms with van der Waals surface area (Å²) in [5.41, 5.74) is 0.837. The number of nitrogens with one attached hydrogen (secondary N) is 1. The van der Waals surface area contributed by atoms with E-state index in [4.69, 9.17) is 4.74 Å². The summed E-state index contributed by atoms with van der Waals surface area (Å²) in [6.45, 7) is 8.04. The molecule has 1 amide bonds. The van der Waals surface area contributed by atoms with Crippen molar-refractivity contribution in [2.45, 2.75) is 44.9 Å². The summed E-state index contributed by atoms with van der Waals surface area (Å²) in [6.07, 6.45) is 4.83. The molecule has 0 aliphatic carbocycles. The molecule has 0 saturated carbocycles. The van der Waals surface area contributed by atoms with Gasteiger partial charge in [0.15, 0.2) is 0 Å². The Kier molecular flexibility index (Phi) is 4.86. The van der Waals surface area contributed by atoms with Crippen LogP contribution in [0.1, 0.15) is 45.1 Å². The molecule has 4 heteroatoms. The second kappa shape index (κ2) is 6.75. The molecule has 2 aliphatic rings. The van der Waals surface area contributed by atoms with Crippen molar-refractivity contribution in [2.24, 2.45) is 5.41 Å². The molecule has 2 heterocycles. The molecule has 1 N–H and O–H groups in total. The van der Waals surface area contributed by atoms with Crippen molar-refractivity contribution < 1.29 is 9.53 Å². The second-order valence-corrected chi connectivity index (χ2v) is 7.96. The van der Waals surface area contributed by atoms with Gasteiger partial charge in [-0.2, -0.15) is 0 Å². The van der Waals surface area contributed by atoms with Gasteiger partial charge in [0.1, 0.15) is 5.75 Å². The second-order valence-electron chi connectivity index (χ2n) is 7.96. The molecule has 2 fully saturated rings. The van der Waals surface area contributed by atoms with E-state index in [1.165, 1.54) is 19.3 Å². The lowest BCUT2D eigenvalue weighted by Gasteiger charge is -2.47. The van der Waals surface area contributed by atoms with Crippen molar-refractivity contribution in [3.8, 4) is 5.75 Å². The number of hydrogen-bond acceptors (Lipinski definition) is 3. The Labute approximate surface area is 145 Å². The topological polar surface area (TPSA) is 41.6 Å². The number of hydrogen-bond donors (Lipinski definition) is 1. The average Bonchev–Trinajstić information content (AvgIpc) is 2.62. The monoisotopic (exact) mass is 330 g/mol. The van der Waals surface area contributed by atoms with Gasteiger partial charge in [0, 0.05) is 25.0 Å². The lowest BCUT2D eigenvalue weighted by atomic mass is 9.73. The Bertz CT molecular complexity index is 568. The molecule has 132 valence electrons. The molecule has 24 heavy (non-hydrogen) atoms. The molecule has 1 unspecified atom stereocenters. The van der Waals surface area contributed by atoms with Crippen LogP contribution in [-0.2, 0) is 10.2 Å². The predicted octanol–water partition coefficient (Wildman–Crippen LogP) is 2.97. The number of benzene rings is 1. The highest BCUT2D eigenvalue weighted by Gasteiger charge is 2.41. The van der Waals surface area contributed by atoms with E-state index in [2.05, 4.69) is 10.2 Å². The molecular weight excluding hydrogens is 300 g/mol. The van der Waals surface area contributed by atoms with Crippen LogP contribution in [0.2, 0.25) is 0 Å². The Morgan fingerprint density at radius 3 is 2.54 bits per heavy atom. The average molecular weight is 330 g/mol. The first-order chi connectivity index (χ1) is 11.5. The number of ether oxygens (including phenoxy) is 1. The van der Waals surface area contributed by atoms with Gasteiger partial charge in [-0.1, -0.05) is 12.1 Å². The van der Waals surface area contributed by atoms with E-state index < -0.39 is 5.41 Å². The van der Waals surface area contributed by atoms with E-state index in [-0.39, 0.29) is 5.91 Å². The number of carbonyl (C=O) groups is 1. The van der Waals surface area contributed by atoms with Gasteiger partial charge in [0.05, 0.1) is 12.5 Å². The molecule has 0 bridgehead atoms. The first-order valence-electron chi connectivity index (χ1n) is 9.12. The molecule has 1 aromatic rings. The van der Waals surface area contributed by atoms with Crippen LogP contribution in [0, 0.1) is 5.41 Å². The van der Waals surface area contributed by atoms with Gasteiger partial charge in [0.25, 0.3) is 0 Å². The van der Waals surface area contributed by atoms with Crippen molar-refractivity contribution in [3.63, 3.8) is 0 Å². The van der Waals surface area contributed by atoms with Crippen LogP contribution in [0.25, 0.3) is 0 Å². The van der Waals surface area contributed by atoms with Crippen LogP contribution in [0.4, 0.5) is 0 Å². The van der Waals surface area contributed by atoms with E-state index in [1.807, 2.05) is 38.1 Å². The SMILES string of the molecule is COc1ccc(C(C)(C)C(=O)N2CCCC3(CCCNC3)C2)cc1. The zero-order valence-electron chi connectivity index (χ0n) is 15.2. The maximum absolute atomic E-state index is 13.3. The molecule has 2 aliphatic heterocycles. The van der Waals surface area contributed by atoms with Gasteiger partial charge < -0.3 is 15.0 Å². The van der Waals surface area contributed by atoms with Crippen molar-refractivity contribution in [2.75, 3.05) is 33.3 Å². The fourth-order valence-corrected chi connectivity index (χ4v) is 4.29. The van der Waals surface area contributed by atoms with E-state index in [9.17, 15) is 4.79 Å². The van der Waals surface area contributed by atoms with Crippen molar-refractivity contribution in [3.05, 3.63) is 29.8 Å². The first kappa shape index (κ1) is 17.3.